The van der Waals surface area contributed by atoms with Gasteiger partial charge in [-0.2, -0.15) is 0 Å². The van der Waals surface area contributed by atoms with Crippen LogP contribution in [-0.4, -0.2) is 25.1 Å². The molecule has 0 fully saturated rings. The number of ether oxygens (including phenoxy) is 1. The van der Waals surface area contributed by atoms with E-state index in [0.29, 0.717) is 13.2 Å². The highest BCUT2D eigenvalue weighted by Crippen LogP contribution is 2.15. The molecule has 0 aliphatic rings. The summed E-state index contributed by atoms with van der Waals surface area (Å²) in [6, 6.07) is 5.63. The van der Waals surface area contributed by atoms with Crippen molar-refractivity contribution in [2.45, 2.75) is 40.2 Å². The lowest BCUT2D eigenvalue weighted by Gasteiger charge is -2.17. The number of nitrogens with one attached hydrogen (secondary N) is 1. The van der Waals surface area contributed by atoms with Gasteiger partial charge in [-0.3, -0.25) is 4.79 Å². The Morgan fingerprint density at radius 1 is 1.30 bits per heavy atom. The van der Waals surface area contributed by atoms with E-state index in [4.69, 9.17) is 10.5 Å². The van der Waals surface area contributed by atoms with Gasteiger partial charge in [-0.05, 0) is 43.0 Å². The highest BCUT2D eigenvalue weighted by atomic mass is 16.5. The van der Waals surface area contributed by atoms with Gasteiger partial charge < -0.3 is 15.8 Å². The number of aryl methyl sites for hydroxylation is 2. The third kappa shape index (κ3) is 5.21. The van der Waals surface area contributed by atoms with Crippen molar-refractivity contribution in [2.75, 3.05) is 13.2 Å². The lowest BCUT2D eigenvalue weighted by molar-refractivity contribution is -0.123. The molecule has 2 atom stereocenters. The van der Waals surface area contributed by atoms with E-state index < -0.39 is 6.04 Å². The average Bonchev–Trinajstić information content (AvgIpc) is 2.40. The summed E-state index contributed by atoms with van der Waals surface area (Å²) in [7, 11) is 0. The van der Waals surface area contributed by atoms with Crippen LogP contribution in [0.2, 0.25) is 0 Å². The second-order valence-corrected chi connectivity index (χ2v) is 5.37. The molecular formula is C16H26N2O2. The predicted octanol–water partition coefficient (Wildman–Crippen LogP) is 2.17. The minimum atomic E-state index is -0.443. The number of rotatable bonds is 7. The van der Waals surface area contributed by atoms with Crippen molar-refractivity contribution in [1.29, 1.82) is 0 Å². The van der Waals surface area contributed by atoms with Crippen LogP contribution >= 0.6 is 0 Å². The Kier molecular flexibility index (Phi) is 6.52. The van der Waals surface area contributed by atoms with Crippen molar-refractivity contribution in [3.63, 3.8) is 0 Å². The van der Waals surface area contributed by atoms with E-state index in [-0.39, 0.29) is 11.8 Å². The molecule has 4 heteroatoms. The van der Waals surface area contributed by atoms with Crippen LogP contribution in [0.15, 0.2) is 18.2 Å². The third-order valence-corrected chi connectivity index (χ3v) is 3.42. The molecule has 0 radical (unpaired) electrons. The molecule has 1 rings (SSSR count). The van der Waals surface area contributed by atoms with Crippen LogP contribution in [0.3, 0.4) is 0 Å². The molecule has 0 aliphatic carbocycles. The number of carbonyl (C=O) groups excluding carboxylic acids is 1. The van der Waals surface area contributed by atoms with Crippen LogP contribution in [0.4, 0.5) is 0 Å². The number of carbonyl (C=O) groups is 1. The smallest absolute Gasteiger partial charge is 0.237 e. The fourth-order valence-electron chi connectivity index (χ4n) is 1.99. The first kappa shape index (κ1) is 16.5. The van der Waals surface area contributed by atoms with Gasteiger partial charge in [-0.1, -0.05) is 26.3 Å². The predicted molar refractivity (Wildman–Crippen MR) is 81.9 cm³/mol. The maximum Gasteiger partial charge on any atom is 0.237 e. The largest absolute Gasteiger partial charge is 0.492 e. The number of nitrogens with two attached hydrogens (primary N) is 1. The SMILES string of the molecule is CCC(C)C(N)C(=O)NCCOc1cc(C)cc(C)c1. The second kappa shape index (κ2) is 7.90. The summed E-state index contributed by atoms with van der Waals surface area (Å²) in [5, 5.41) is 2.81. The maximum absolute atomic E-state index is 11.8. The first-order valence-corrected chi connectivity index (χ1v) is 7.18. The summed E-state index contributed by atoms with van der Waals surface area (Å²) in [5.74, 6) is 0.918. The van der Waals surface area contributed by atoms with Crippen molar-refractivity contribution in [2.24, 2.45) is 11.7 Å². The zero-order valence-electron chi connectivity index (χ0n) is 12.9. The van der Waals surface area contributed by atoms with Gasteiger partial charge in [-0.25, -0.2) is 0 Å². The summed E-state index contributed by atoms with van der Waals surface area (Å²) in [4.78, 5) is 11.8. The number of amides is 1. The normalized spacial score (nSPS) is 13.7. The number of hydrogen-bond acceptors (Lipinski definition) is 3. The summed E-state index contributed by atoms with van der Waals surface area (Å²) in [6.07, 6.45) is 0.896. The molecule has 1 aromatic carbocycles. The van der Waals surface area contributed by atoms with Gasteiger partial charge in [0.25, 0.3) is 0 Å². The van der Waals surface area contributed by atoms with E-state index in [1.165, 1.54) is 11.1 Å². The number of benzene rings is 1. The van der Waals surface area contributed by atoms with Crippen LogP contribution < -0.4 is 15.8 Å². The van der Waals surface area contributed by atoms with Crippen molar-refractivity contribution >= 4 is 5.91 Å². The lowest BCUT2D eigenvalue weighted by atomic mass is 9.99. The minimum absolute atomic E-state index is 0.108. The summed E-state index contributed by atoms with van der Waals surface area (Å²) in [6.45, 7) is 8.99. The molecule has 0 bridgehead atoms. The highest BCUT2D eigenvalue weighted by Gasteiger charge is 2.18. The summed E-state index contributed by atoms with van der Waals surface area (Å²) >= 11 is 0. The van der Waals surface area contributed by atoms with Crippen LogP contribution in [0, 0.1) is 19.8 Å². The fraction of sp³-hybridized carbons (Fsp3) is 0.562. The minimum Gasteiger partial charge on any atom is -0.492 e. The van der Waals surface area contributed by atoms with E-state index in [0.717, 1.165) is 12.2 Å². The molecule has 2 unspecified atom stereocenters. The molecule has 0 heterocycles. The Morgan fingerprint density at radius 3 is 2.45 bits per heavy atom. The monoisotopic (exact) mass is 278 g/mol. The highest BCUT2D eigenvalue weighted by molar-refractivity contribution is 5.81. The van der Waals surface area contributed by atoms with Gasteiger partial charge in [0, 0.05) is 0 Å². The molecule has 3 N–H and O–H groups in total. The lowest BCUT2D eigenvalue weighted by Crippen LogP contribution is -2.45. The van der Waals surface area contributed by atoms with E-state index >= 15 is 0 Å². The molecular weight excluding hydrogens is 252 g/mol. The topological polar surface area (TPSA) is 64.4 Å². The van der Waals surface area contributed by atoms with E-state index in [9.17, 15) is 4.79 Å². The molecule has 0 saturated carbocycles. The Labute approximate surface area is 121 Å². The first-order valence-electron chi connectivity index (χ1n) is 7.18. The van der Waals surface area contributed by atoms with Crippen molar-refractivity contribution in [3.8, 4) is 5.75 Å². The summed E-state index contributed by atoms with van der Waals surface area (Å²) in [5.41, 5.74) is 8.19. The van der Waals surface area contributed by atoms with Crippen molar-refractivity contribution in [1.82, 2.24) is 5.32 Å². The summed E-state index contributed by atoms with van der Waals surface area (Å²) < 4.78 is 5.63. The quantitative estimate of drug-likeness (QED) is 0.751. The van der Waals surface area contributed by atoms with Gasteiger partial charge in [0.2, 0.25) is 5.91 Å². The maximum atomic E-state index is 11.8. The van der Waals surface area contributed by atoms with Crippen LogP contribution in [0.25, 0.3) is 0 Å². The standard InChI is InChI=1S/C16H26N2O2/c1-5-13(4)15(17)16(19)18-6-7-20-14-9-11(2)8-12(3)10-14/h8-10,13,15H,5-7,17H2,1-4H3,(H,18,19). The molecule has 0 spiro atoms. The first-order chi connectivity index (χ1) is 9.43. The van der Waals surface area contributed by atoms with Gasteiger partial charge in [0.15, 0.2) is 0 Å². The molecule has 0 saturated heterocycles. The number of hydrogen-bond donors (Lipinski definition) is 2. The van der Waals surface area contributed by atoms with E-state index in [1.54, 1.807) is 0 Å². The molecule has 4 nitrogen and oxygen atoms in total. The van der Waals surface area contributed by atoms with E-state index in [2.05, 4.69) is 11.4 Å². The molecule has 1 amide bonds. The molecule has 20 heavy (non-hydrogen) atoms. The van der Waals surface area contributed by atoms with Gasteiger partial charge >= 0.3 is 0 Å². The fourth-order valence-corrected chi connectivity index (χ4v) is 1.99. The van der Waals surface area contributed by atoms with Crippen molar-refractivity contribution in [3.05, 3.63) is 29.3 Å². The Hall–Kier alpha value is -1.55. The Morgan fingerprint density at radius 2 is 1.90 bits per heavy atom. The van der Waals surface area contributed by atoms with Crippen LogP contribution in [0.5, 0.6) is 5.75 Å². The zero-order chi connectivity index (χ0) is 15.1. The third-order valence-electron chi connectivity index (χ3n) is 3.42. The molecule has 112 valence electrons. The molecule has 1 aromatic rings. The average molecular weight is 278 g/mol. The second-order valence-electron chi connectivity index (χ2n) is 5.37. The van der Waals surface area contributed by atoms with Crippen molar-refractivity contribution < 1.29 is 9.53 Å². The van der Waals surface area contributed by atoms with E-state index in [1.807, 2.05) is 39.8 Å². The van der Waals surface area contributed by atoms with Gasteiger partial charge in [0.1, 0.15) is 12.4 Å². The van der Waals surface area contributed by atoms with Crippen LogP contribution in [-0.2, 0) is 4.79 Å². The van der Waals surface area contributed by atoms with Gasteiger partial charge in [-0.15, -0.1) is 0 Å². The molecule has 0 aliphatic heterocycles. The van der Waals surface area contributed by atoms with Crippen LogP contribution in [0.1, 0.15) is 31.4 Å². The molecule has 0 aromatic heterocycles. The Bertz CT molecular complexity index is 426. The zero-order valence-corrected chi connectivity index (χ0v) is 12.9. The Balaban J connectivity index is 2.33. The van der Waals surface area contributed by atoms with Gasteiger partial charge in [0.05, 0.1) is 12.6 Å².